The number of amides is 1. The maximum Gasteiger partial charge on any atom is 0.243 e. The third-order valence-corrected chi connectivity index (χ3v) is 5.79. The van der Waals surface area contributed by atoms with Gasteiger partial charge in [0.05, 0.1) is 6.04 Å². The van der Waals surface area contributed by atoms with Gasteiger partial charge in [-0.1, -0.05) is 23.7 Å². The topological polar surface area (TPSA) is 77.2 Å². The average molecular weight is 416 g/mol. The Kier molecular flexibility index (Phi) is 7.85. The fraction of sp³-hybridized carbons (Fsp3) is 0.444. The SMILES string of the molecule is Cc1ccc(Cc2cnc(NC(=O)C(N)C3CCOCC3)s2)cc1Cl.Cl. The van der Waals surface area contributed by atoms with E-state index < -0.39 is 6.04 Å². The van der Waals surface area contributed by atoms with Crippen molar-refractivity contribution in [3.05, 3.63) is 45.4 Å². The summed E-state index contributed by atoms with van der Waals surface area (Å²) in [6.07, 6.45) is 4.17. The molecule has 1 aromatic heterocycles. The number of carbonyl (C=O) groups excluding carboxylic acids is 1. The number of aromatic nitrogens is 1. The normalized spacial score (nSPS) is 16.0. The minimum absolute atomic E-state index is 0. The van der Waals surface area contributed by atoms with Crippen molar-refractivity contribution in [3.63, 3.8) is 0 Å². The molecule has 1 aromatic carbocycles. The van der Waals surface area contributed by atoms with Crippen molar-refractivity contribution in [2.75, 3.05) is 18.5 Å². The molecule has 8 heteroatoms. The predicted octanol–water partition coefficient (Wildman–Crippen LogP) is 3.81. The molecule has 3 rings (SSSR count). The molecule has 1 unspecified atom stereocenters. The van der Waals surface area contributed by atoms with Gasteiger partial charge in [0.2, 0.25) is 5.91 Å². The lowest BCUT2D eigenvalue weighted by Gasteiger charge is -2.26. The van der Waals surface area contributed by atoms with E-state index in [4.69, 9.17) is 22.1 Å². The molecule has 1 amide bonds. The number of hydrogen-bond acceptors (Lipinski definition) is 5. The number of nitrogens with one attached hydrogen (secondary N) is 1. The molecule has 0 aliphatic carbocycles. The zero-order valence-corrected chi connectivity index (χ0v) is 16.9. The standard InChI is InChI=1S/C18H22ClN3O2S.ClH/c1-11-2-3-12(9-15(11)19)8-14-10-21-18(25-14)22-17(23)16(20)13-4-6-24-7-5-13;/h2-3,9-10,13,16H,4-8,20H2,1H3,(H,21,22,23);1H. The number of benzene rings is 1. The molecular weight excluding hydrogens is 393 g/mol. The summed E-state index contributed by atoms with van der Waals surface area (Å²) in [7, 11) is 0. The summed E-state index contributed by atoms with van der Waals surface area (Å²) in [6.45, 7) is 3.33. The van der Waals surface area contributed by atoms with Crippen LogP contribution in [0.5, 0.6) is 0 Å². The highest BCUT2D eigenvalue weighted by atomic mass is 35.5. The van der Waals surface area contributed by atoms with Gasteiger partial charge in [0.1, 0.15) is 0 Å². The number of hydrogen-bond donors (Lipinski definition) is 2. The summed E-state index contributed by atoms with van der Waals surface area (Å²) in [6, 6.07) is 5.51. The van der Waals surface area contributed by atoms with Crippen LogP contribution in [0.2, 0.25) is 5.02 Å². The van der Waals surface area contributed by atoms with Crippen LogP contribution in [0.4, 0.5) is 5.13 Å². The van der Waals surface area contributed by atoms with Crippen LogP contribution in [0.3, 0.4) is 0 Å². The van der Waals surface area contributed by atoms with Crippen LogP contribution < -0.4 is 11.1 Å². The molecule has 0 saturated carbocycles. The van der Waals surface area contributed by atoms with E-state index in [2.05, 4.69) is 16.4 Å². The van der Waals surface area contributed by atoms with Gasteiger partial charge in [-0.3, -0.25) is 4.79 Å². The summed E-state index contributed by atoms with van der Waals surface area (Å²) in [5.41, 5.74) is 8.28. The molecular formula is C18H23Cl2N3O2S. The van der Waals surface area contributed by atoms with E-state index in [9.17, 15) is 4.79 Å². The first-order chi connectivity index (χ1) is 12.0. The van der Waals surface area contributed by atoms with Crippen LogP contribution in [0.1, 0.15) is 28.8 Å². The van der Waals surface area contributed by atoms with Gasteiger partial charge in [-0.15, -0.1) is 23.7 Å². The molecule has 1 aliphatic rings. The van der Waals surface area contributed by atoms with Crippen LogP contribution in [0.25, 0.3) is 0 Å². The van der Waals surface area contributed by atoms with Crippen molar-refractivity contribution in [1.29, 1.82) is 0 Å². The van der Waals surface area contributed by atoms with Crippen molar-refractivity contribution < 1.29 is 9.53 Å². The third-order valence-electron chi connectivity index (χ3n) is 4.47. The number of anilines is 1. The quantitative estimate of drug-likeness (QED) is 0.777. The largest absolute Gasteiger partial charge is 0.381 e. The second-order valence-electron chi connectivity index (χ2n) is 6.36. The van der Waals surface area contributed by atoms with Crippen molar-refractivity contribution in [2.45, 2.75) is 32.2 Å². The average Bonchev–Trinajstić information content (AvgIpc) is 3.05. The van der Waals surface area contributed by atoms with E-state index in [0.29, 0.717) is 18.3 Å². The first-order valence-electron chi connectivity index (χ1n) is 8.37. The van der Waals surface area contributed by atoms with Crippen LogP contribution in [0.15, 0.2) is 24.4 Å². The number of carbonyl (C=O) groups is 1. The Labute approximate surface area is 168 Å². The zero-order valence-electron chi connectivity index (χ0n) is 14.5. The zero-order chi connectivity index (χ0) is 17.8. The fourth-order valence-electron chi connectivity index (χ4n) is 2.87. The monoisotopic (exact) mass is 415 g/mol. The third kappa shape index (κ3) is 5.41. The Morgan fingerprint density at radius 2 is 2.19 bits per heavy atom. The molecule has 3 N–H and O–H groups in total. The van der Waals surface area contributed by atoms with Gasteiger partial charge in [-0.05, 0) is 42.9 Å². The molecule has 0 radical (unpaired) electrons. The lowest BCUT2D eigenvalue weighted by Crippen LogP contribution is -2.43. The van der Waals surface area contributed by atoms with Crippen molar-refractivity contribution >= 4 is 46.4 Å². The van der Waals surface area contributed by atoms with E-state index in [1.807, 2.05) is 19.1 Å². The Hall–Kier alpha value is -1.18. The molecule has 1 aliphatic heterocycles. The number of thiazole rings is 1. The predicted molar refractivity (Wildman–Crippen MR) is 109 cm³/mol. The van der Waals surface area contributed by atoms with E-state index in [1.165, 1.54) is 11.3 Å². The molecule has 5 nitrogen and oxygen atoms in total. The highest BCUT2D eigenvalue weighted by Crippen LogP contribution is 2.25. The van der Waals surface area contributed by atoms with Gasteiger partial charge in [0, 0.05) is 35.7 Å². The molecule has 142 valence electrons. The lowest BCUT2D eigenvalue weighted by atomic mass is 9.92. The van der Waals surface area contributed by atoms with Gasteiger partial charge >= 0.3 is 0 Å². The van der Waals surface area contributed by atoms with Gasteiger partial charge in [0.15, 0.2) is 5.13 Å². The Morgan fingerprint density at radius 3 is 2.88 bits per heavy atom. The molecule has 0 bridgehead atoms. The first kappa shape index (κ1) is 21.1. The Balaban J connectivity index is 0.00000243. The smallest absolute Gasteiger partial charge is 0.243 e. The van der Waals surface area contributed by atoms with Gasteiger partial charge in [0.25, 0.3) is 0 Å². The number of halogens is 2. The maximum absolute atomic E-state index is 12.3. The molecule has 2 heterocycles. The summed E-state index contributed by atoms with van der Waals surface area (Å²) in [4.78, 5) is 17.7. The number of nitrogens with zero attached hydrogens (tertiary/aromatic N) is 1. The van der Waals surface area contributed by atoms with Gasteiger partial charge < -0.3 is 15.8 Å². The number of rotatable bonds is 5. The highest BCUT2D eigenvalue weighted by Gasteiger charge is 2.27. The maximum atomic E-state index is 12.3. The minimum atomic E-state index is -0.521. The molecule has 1 atom stereocenters. The molecule has 1 fully saturated rings. The Morgan fingerprint density at radius 1 is 1.46 bits per heavy atom. The lowest BCUT2D eigenvalue weighted by molar-refractivity contribution is -0.119. The highest BCUT2D eigenvalue weighted by molar-refractivity contribution is 7.15. The summed E-state index contributed by atoms with van der Waals surface area (Å²) in [5, 5.41) is 4.19. The summed E-state index contributed by atoms with van der Waals surface area (Å²) in [5.74, 6) is -0.00550. The number of nitrogens with two attached hydrogens (primary N) is 1. The van der Waals surface area contributed by atoms with Gasteiger partial charge in [-0.2, -0.15) is 0 Å². The first-order valence-corrected chi connectivity index (χ1v) is 9.56. The van der Waals surface area contributed by atoms with E-state index >= 15 is 0 Å². The van der Waals surface area contributed by atoms with Crippen molar-refractivity contribution in [1.82, 2.24) is 4.98 Å². The minimum Gasteiger partial charge on any atom is -0.381 e. The molecule has 0 spiro atoms. The van der Waals surface area contributed by atoms with Crippen LogP contribution in [-0.4, -0.2) is 30.1 Å². The molecule has 2 aromatic rings. The summed E-state index contributed by atoms with van der Waals surface area (Å²) >= 11 is 7.63. The molecule has 1 saturated heterocycles. The molecule has 26 heavy (non-hydrogen) atoms. The van der Waals surface area contributed by atoms with Crippen LogP contribution >= 0.6 is 35.3 Å². The second-order valence-corrected chi connectivity index (χ2v) is 7.88. The fourth-order valence-corrected chi connectivity index (χ4v) is 3.93. The second kappa shape index (κ2) is 9.67. The van der Waals surface area contributed by atoms with E-state index in [0.717, 1.165) is 40.3 Å². The van der Waals surface area contributed by atoms with E-state index in [-0.39, 0.29) is 24.2 Å². The Bertz CT molecular complexity index is 748. The van der Waals surface area contributed by atoms with Crippen molar-refractivity contribution in [2.24, 2.45) is 11.7 Å². The van der Waals surface area contributed by atoms with Crippen molar-refractivity contribution in [3.8, 4) is 0 Å². The number of aryl methyl sites for hydroxylation is 1. The summed E-state index contributed by atoms with van der Waals surface area (Å²) < 4.78 is 5.32. The van der Waals surface area contributed by atoms with Crippen LogP contribution in [-0.2, 0) is 16.0 Å². The van der Waals surface area contributed by atoms with Gasteiger partial charge in [-0.25, -0.2) is 4.98 Å². The van der Waals surface area contributed by atoms with Crippen LogP contribution in [0, 0.1) is 12.8 Å². The number of ether oxygens (including phenoxy) is 1. The van der Waals surface area contributed by atoms with E-state index in [1.54, 1.807) is 6.20 Å².